The van der Waals surface area contributed by atoms with Gasteiger partial charge in [0.15, 0.2) is 0 Å². The Morgan fingerprint density at radius 1 is 1.44 bits per heavy atom. The van der Waals surface area contributed by atoms with Crippen molar-refractivity contribution < 1.29 is 9.53 Å². The molecule has 2 rings (SSSR count). The Labute approximate surface area is 91.1 Å². The second-order valence-electron chi connectivity index (χ2n) is 3.34. The van der Waals surface area contributed by atoms with E-state index in [2.05, 4.69) is 14.7 Å². The molecule has 5 nitrogen and oxygen atoms in total. The van der Waals surface area contributed by atoms with Crippen molar-refractivity contribution in [3.05, 3.63) is 39.8 Å². The molecule has 0 saturated heterocycles. The molecule has 1 aromatic carbocycles. The van der Waals surface area contributed by atoms with Crippen molar-refractivity contribution in [2.45, 2.75) is 6.92 Å². The second-order valence-corrected chi connectivity index (χ2v) is 3.34. The highest BCUT2D eigenvalue weighted by Gasteiger charge is 2.11. The summed E-state index contributed by atoms with van der Waals surface area (Å²) in [4.78, 5) is 29.6. The van der Waals surface area contributed by atoms with E-state index < -0.39 is 5.97 Å². The zero-order valence-electron chi connectivity index (χ0n) is 8.90. The van der Waals surface area contributed by atoms with E-state index >= 15 is 0 Å². The highest BCUT2D eigenvalue weighted by molar-refractivity contribution is 6.01. The van der Waals surface area contributed by atoms with E-state index in [1.807, 2.05) is 0 Å². The molecule has 0 aliphatic heterocycles. The zero-order chi connectivity index (χ0) is 11.7. The lowest BCUT2D eigenvalue weighted by Crippen LogP contribution is -2.14. The molecule has 0 amide bonds. The Morgan fingerprint density at radius 2 is 2.19 bits per heavy atom. The van der Waals surface area contributed by atoms with E-state index in [9.17, 15) is 9.59 Å². The summed E-state index contributed by atoms with van der Waals surface area (Å²) in [5, 5.41) is 0. The minimum absolute atomic E-state index is 0.302. The van der Waals surface area contributed by atoms with Gasteiger partial charge in [-0.25, -0.2) is 9.78 Å². The number of aromatic nitrogens is 2. The molecule has 0 spiro atoms. The van der Waals surface area contributed by atoms with E-state index in [0.717, 1.165) is 0 Å². The van der Waals surface area contributed by atoms with Gasteiger partial charge in [-0.05, 0) is 19.1 Å². The largest absolute Gasteiger partial charge is 0.465 e. The summed E-state index contributed by atoms with van der Waals surface area (Å²) in [5.41, 5.74) is 1.35. The summed E-state index contributed by atoms with van der Waals surface area (Å²) >= 11 is 0. The first-order chi connectivity index (χ1) is 7.63. The number of rotatable bonds is 1. The molecule has 0 atom stereocenters. The lowest BCUT2D eigenvalue weighted by atomic mass is 10.1. The molecule has 0 saturated carbocycles. The van der Waals surface area contributed by atoms with Crippen molar-refractivity contribution in [2.75, 3.05) is 7.11 Å². The molecular formula is C11H10N2O3. The number of aromatic amines is 1. The highest BCUT2D eigenvalue weighted by atomic mass is 16.5. The fraction of sp³-hybridized carbons (Fsp3) is 0.182. The van der Waals surface area contributed by atoms with Crippen LogP contribution in [0.4, 0.5) is 0 Å². The van der Waals surface area contributed by atoms with Gasteiger partial charge in [-0.2, -0.15) is 0 Å². The van der Waals surface area contributed by atoms with Crippen LogP contribution in [0.3, 0.4) is 0 Å². The Kier molecular flexibility index (Phi) is 2.44. The lowest BCUT2D eigenvalue weighted by molar-refractivity contribution is 0.0602. The van der Waals surface area contributed by atoms with Crippen LogP contribution in [-0.2, 0) is 4.74 Å². The van der Waals surface area contributed by atoms with Crippen molar-refractivity contribution >= 4 is 17.0 Å². The smallest absolute Gasteiger partial charge is 0.340 e. The number of hydrogen-bond acceptors (Lipinski definition) is 4. The van der Waals surface area contributed by atoms with Crippen LogP contribution in [0, 0.1) is 6.92 Å². The number of H-pyrrole nitrogens is 1. The number of carbonyl (C=O) groups is 1. The highest BCUT2D eigenvalue weighted by Crippen LogP contribution is 2.14. The topological polar surface area (TPSA) is 72.0 Å². The minimum Gasteiger partial charge on any atom is -0.465 e. The van der Waals surface area contributed by atoms with Gasteiger partial charge < -0.3 is 9.72 Å². The van der Waals surface area contributed by atoms with Gasteiger partial charge in [0.25, 0.3) is 5.56 Å². The van der Waals surface area contributed by atoms with Crippen LogP contribution in [0.1, 0.15) is 16.1 Å². The number of fused-ring (bicyclic) bond motifs is 1. The average Bonchev–Trinajstić information content (AvgIpc) is 2.29. The minimum atomic E-state index is -0.494. The summed E-state index contributed by atoms with van der Waals surface area (Å²) in [7, 11) is 1.29. The van der Waals surface area contributed by atoms with E-state index in [-0.39, 0.29) is 5.56 Å². The maximum Gasteiger partial charge on any atom is 0.340 e. The lowest BCUT2D eigenvalue weighted by Gasteiger charge is -2.04. The molecule has 5 heteroatoms. The number of nitrogens with one attached hydrogen (secondary N) is 1. The van der Waals surface area contributed by atoms with Gasteiger partial charge in [0.1, 0.15) is 5.69 Å². The molecule has 2 aromatic rings. The second kappa shape index (κ2) is 3.77. The van der Waals surface area contributed by atoms with Crippen LogP contribution >= 0.6 is 0 Å². The van der Waals surface area contributed by atoms with Crippen molar-refractivity contribution in [1.82, 2.24) is 9.97 Å². The van der Waals surface area contributed by atoms with Gasteiger partial charge in [-0.1, -0.05) is 6.07 Å². The Bertz CT molecular complexity index is 616. The first-order valence-electron chi connectivity index (χ1n) is 4.71. The standard InChI is InChI=1S/C11H10N2O3/c1-6-10(14)13-9-7(11(15)16-2)4-3-5-8(9)12-6/h3-5H,1-2H3,(H,13,14). The SMILES string of the molecule is COC(=O)c1cccc2nc(C)c(=O)[nH]c12. The number of nitrogens with zero attached hydrogens (tertiary/aromatic N) is 1. The normalized spacial score (nSPS) is 10.4. The number of carbonyl (C=O) groups excluding carboxylic acids is 1. The summed E-state index contributed by atoms with van der Waals surface area (Å²) < 4.78 is 4.63. The number of aryl methyl sites for hydroxylation is 1. The number of esters is 1. The van der Waals surface area contributed by atoms with Crippen LogP contribution in [-0.4, -0.2) is 23.0 Å². The summed E-state index contributed by atoms with van der Waals surface area (Å²) in [6, 6.07) is 5.01. The first-order valence-corrected chi connectivity index (χ1v) is 4.71. The third-order valence-corrected chi connectivity index (χ3v) is 2.30. The maximum absolute atomic E-state index is 11.5. The van der Waals surface area contributed by atoms with Crippen LogP contribution in [0.5, 0.6) is 0 Å². The van der Waals surface area contributed by atoms with Crippen LogP contribution < -0.4 is 5.56 Å². The Balaban J connectivity index is 2.82. The molecule has 1 N–H and O–H groups in total. The summed E-state index contributed by atoms with van der Waals surface area (Å²) in [5.74, 6) is -0.494. The van der Waals surface area contributed by atoms with E-state index in [0.29, 0.717) is 22.3 Å². The fourth-order valence-electron chi connectivity index (χ4n) is 1.48. The van der Waals surface area contributed by atoms with E-state index in [1.165, 1.54) is 7.11 Å². The molecule has 0 aliphatic rings. The fourth-order valence-corrected chi connectivity index (χ4v) is 1.48. The number of benzene rings is 1. The van der Waals surface area contributed by atoms with Crippen molar-refractivity contribution in [3.63, 3.8) is 0 Å². The maximum atomic E-state index is 11.5. The number of hydrogen-bond donors (Lipinski definition) is 1. The van der Waals surface area contributed by atoms with E-state index in [4.69, 9.17) is 0 Å². The predicted molar refractivity (Wildman–Crippen MR) is 58.4 cm³/mol. The molecule has 1 aromatic heterocycles. The van der Waals surface area contributed by atoms with Gasteiger partial charge in [-0.3, -0.25) is 4.79 Å². The molecule has 82 valence electrons. The molecule has 0 radical (unpaired) electrons. The van der Waals surface area contributed by atoms with Gasteiger partial charge in [0.2, 0.25) is 0 Å². The molecule has 0 bridgehead atoms. The van der Waals surface area contributed by atoms with Gasteiger partial charge in [-0.15, -0.1) is 0 Å². The van der Waals surface area contributed by atoms with Crippen molar-refractivity contribution in [1.29, 1.82) is 0 Å². The Hall–Kier alpha value is -2.17. The number of ether oxygens (including phenoxy) is 1. The Morgan fingerprint density at radius 3 is 2.88 bits per heavy atom. The predicted octanol–water partition coefficient (Wildman–Crippen LogP) is 1.02. The third-order valence-electron chi connectivity index (χ3n) is 2.30. The number of para-hydroxylation sites is 1. The van der Waals surface area contributed by atoms with Crippen molar-refractivity contribution in [2.24, 2.45) is 0 Å². The van der Waals surface area contributed by atoms with Crippen LogP contribution in [0.15, 0.2) is 23.0 Å². The summed E-state index contributed by atoms with van der Waals surface area (Å²) in [6.45, 7) is 1.61. The molecule has 0 aliphatic carbocycles. The average molecular weight is 218 g/mol. The van der Waals surface area contributed by atoms with Gasteiger partial charge >= 0.3 is 5.97 Å². The molecule has 0 fully saturated rings. The summed E-state index contributed by atoms with van der Waals surface area (Å²) in [6.07, 6.45) is 0. The third kappa shape index (κ3) is 1.56. The van der Waals surface area contributed by atoms with Gasteiger partial charge in [0, 0.05) is 0 Å². The van der Waals surface area contributed by atoms with Crippen LogP contribution in [0.25, 0.3) is 11.0 Å². The monoisotopic (exact) mass is 218 g/mol. The molecule has 1 heterocycles. The van der Waals surface area contributed by atoms with Crippen LogP contribution in [0.2, 0.25) is 0 Å². The van der Waals surface area contributed by atoms with Crippen molar-refractivity contribution in [3.8, 4) is 0 Å². The molecular weight excluding hydrogens is 208 g/mol. The zero-order valence-corrected chi connectivity index (χ0v) is 8.90. The van der Waals surface area contributed by atoms with Gasteiger partial charge in [0.05, 0.1) is 23.7 Å². The first kappa shape index (κ1) is 10.4. The quantitative estimate of drug-likeness (QED) is 0.725. The molecule has 16 heavy (non-hydrogen) atoms. The molecule has 0 unspecified atom stereocenters. The van der Waals surface area contributed by atoms with E-state index in [1.54, 1.807) is 25.1 Å². The number of methoxy groups -OCH3 is 1.